The van der Waals surface area contributed by atoms with Crippen LogP contribution in [0.3, 0.4) is 0 Å². The number of nitrogens with one attached hydrogen (secondary N) is 1. The number of sulfonamides is 1. The fraction of sp³-hybridized carbons (Fsp3) is 0.429. The van der Waals surface area contributed by atoms with Crippen LogP contribution in [0.15, 0.2) is 41.8 Å². The van der Waals surface area contributed by atoms with E-state index in [0.717, 1.165) is 12.1 Å². The van der Waals surface area contributed by atoms with E-state index >= 15 is 0 Å². The second-order valence-electron chi connectivity index (χ2n) is 4.35. The lowest BCUT2D eigenvalue weighted by molar-refractivity contribution is 0.303. The van der Waals surface area contributed by atoms with Gasteiger partial charge in [0.05, 0.1) is 11.5 Å². The molecular formula is C14H22N2O3S. The normalized spacial score (nSPS) is 11.3. The van der Waals surface area contributed by atoms with E-state index in [1.807, 2.05) is 11.8 Å². The Labute approximate surface area is 121 Å². The SMILES string of the molecule is C=CCN(CCO)c1ccc(S(=O)(=O)NCCC)cc1. The molecule has 112 valence electrons. The fourth-order valence-electron chi connectivity index (χ4n) is 1.76. The number of hydrogen-bond acceptors (Lipinski definition) is 4. The Morgan fingerprint density at radius 2 is 2.00 bits per heavy atom. The van der Waals surface area contributed by atoms with Gasteiger partial charge in [-0.1, -0.05) is 13.0 Å². The van der Waals surface area contributed by atoms with Crippen LogP contribution >= 0.6 is 0 Å². The summed E-state index contributed by atoms with van der Waals surface area (Å²) in [4.78, 5) is 2.17. The van der Waals surface area contributed by atoms with Crippen LogP contribution in [0.1, 0.15) is 13.3 Å². The van der Waals surface area contributed by atoms with Crippen molar-refractivity contribution in [2.24, 2.45) is 0 Å². The first-order chi connectivity index (χ1) is 9.55. The number of aliphatic hydroxyl groups excluding tert-OH is 1. The highest BCUT2D eigenvalue weighted by Crippen LogP contribution is 2.17. The van der Waals surface area contributed by atoms with E-state index in [2.05, 4.69) is 11.3 Å². The zero-order chi connectivity index (χ0) is 15.0. The van der Waals surface area contributed by atoms with Crippen LogP contribution in [-0.4, -0.2) is 39.8 Å². The first-order valence-electron chi connectivity index (χ1n) is 6.61. The molecule has 0 aliphatic rings. The summed E-state index contributed by atoms with van der Waals surface area (Å²) in [5.74, 6) is 0. The average Bonchev–Trinajstić information content (AvgIpc) is 2.45. The summed E-state index contributed by atoms with van der Waals surface area (Å²) in [7, 11) is -3.43. The lowest BCUT2D eigenvalue weighted by atomic mass is 10.3. The summed E-state index contributed by atoms with van der Waals surface area (Å²) in [6.45, 7) is 7.12. The van der Waals surface area contributed by atoms with Gasteiger partial charge in [-0.15, -0.1) is 6.58 Å². The van der Waals surface area contributed by atoms with Crippen LogP contribution in [-0.2, 0) is 10.0 Å². The van der Waals surface area contributed by atoms with Crippen LogP contribution in [0.5, 0.6) is 0 Å². The van der Waals surface area contributed by atoms with Gasteiger partial charge in [-0.2, -0.15) is 0 Å². The van der Waals surface area contributed by atoms with Crippen molar-refractivity contribution < 1.29 is 13.5 Å². The molecule has 0 bridgehead atoms. The number of benzene rings is 1. The molecule has 2 N–H and O–H groups in total. The van der Waals surface area contributed by atoms with Crippen LogP contribution in [0.4, 0.5) is 5.69 Å². The van der Waals surface area contributed by atoms with Gasteiger partial charge in [0, 0.05) is 25.3 Å². The van der Waals surface area contributed by atoms with E-state index < -0.39 is 10.0 Å². The zero-order valence-electron chi connectivity index (χ0n) is 11.7. The fourth-order valence-corrected chi connectivity index (χ4v) is 2.89. The molecular weight excluding hydrogens is 276 g/mol. The smallest absolute Gasteiger partial charge is 0.240 e. The van der Waals surface area contributed by atoms with Crippen molar-refractivity contribution >= 4 is 15.7 Å². The van der Waals surface area contributed by atoms with Crippen molar-refractivity contribution in [3.05, 3.63) is 36.9 Å². The lowest BCUT2D eigenvalue weighted by Gasteiger charge is -2.22. The Bertz CT molecular complexity index is 512. The standard InChI is InChI=1S/C14H22N2O3S/c1-3-9-15-20(18,19)14-7-5-13(6-8-14)16(10-4-2)11-12-17/h4-8,15,17H,2-3,9-12H2,1H3. The molecule has 1 aromatic carbocycles. The number of hydrogen-bond donors (Lipinski definition) is 2. The van der Waals surface area contributed by atoms with Gasteiger partial charge in [-0.05, 0) is 30.7 Å². The van der Waals surface area contributed by atoms with Gasteiger partial charge >= 0.3 is 0 Å². The predicted molar refractivity (Wildman–Crippen MR) is 81.4 cm³/mol. The third kappa shape index (κ3) is 4.63. The van der Waals surface area contributed by atoms with Gasteiger partial charge in [0.1, 0.15) is 0 Å². The van der Waals surface area contributed by atoms with Gasteiger partial charge in [-0.3, -0.25) is 0 Å². The molecule has 1 aromatic rings. The first-order valence-corrected chi connectivity index (χ1v) is 8.10. The Balaban J connectivity index is 2.89. The maximum atomic E-state index is 11.9. The van der Waals surface area contributed by atoms with Crippen LogP contribution in [0.2, 0.25) is 0 Å². The summed E-state index contributed by atoms with van der Waals surface area (Å²) in [6.07, 6.45) is 2.49. The highest BCUT2D eigenvalue weighted by Gasteiger charge is 2.13. The van der Waals surface area contributed by atoms with Crippen LogP contribution in [0, 0.1) is 0 Å². The summed E-state index contributed by atoms with van der Waals surface area (Å²) in [6, 6.07) is 6.61. The third-order valence-corrected chi connectivity index (χ3v) is 4.25. The maximum Gasteiger partial charge on any atom is 0.240 e. The quantitative estimate of drug-likeness (QED) is 0.675. The molecule has 0 unspecified atom stereocenters. The zero-order valence-corrected chi connectivity index (χ0v) is 12.6. The van der Waals surface area contributed by atoms with E-state index in [1.54, 1.807) is 30.3 Å². The highest BCUT2D eigenvalue weighted by molar-refractivity contribution is 7.89. The van der Waals surface area contributed by atoms with Crippen molar-refractivity contribution in [3.63, 3.8) is 0 Å². The molecule has 0 saturated carbocycles. The molecule has 0 spiro atoms. The Hall–Kier alpha value is -1.37. The average molecular weight is 298 g/mol. The predicted octanol–water partition coefficient (Wildman–Crippen LogP) is 1.36. The van der Waals surface area contributed by atoms with Gasteiger partial charge < -0.3 is 10.0 Å². The molecule has 0 saturated heterocycles. The molecule has 0 aromatic heterocycles. The molecule has 0 atom stereocenters. The van der Waals surface area contributed by atoms with Crippen molar-refractivity contribution in [2.75, 3.05) is 31.1 Å². The molecule has 20 heavy (non-hydrogen) atoms. The topological polar surface area (TPSA) is 69.6 Å². The second-order valence-corrected chi connectivity index (χ2v) is 6.12. The summed E-state index contributed by atoms with van der Waals surface area (Å²) >= 11 is 0. The van der Waals surface area contributed by atoms with Crippen molar-refractivity contribution in [1.82, 2.24) is 4.72 Å². The molecule has 0 fully saturated rings. The summed E-state index contributed by atoms with van der Waals surface area (Å²) in [5, 5.41) is 9.02. The Morgan fingerprint density at radius 3 is 2.50 bits per heavy atom. The van der Waals surface area contributed by atoms with Crippen molar-refractivity contribution in [3.8, 4) is 0 Å². The minimum atomic E-state index is -3.43. The van der Waals surface area contributed by atoms with E-state index in [-0.39, 0.29) is 11.5 Å². The van der Waals surface area contributed by atoms with E-state index in [0.29, 0.717) is 19.6 Å². The largest absolute Gasteiger partial charge is 0.395 e. The lowest BCUT2D eigenvalue weighted by Crippen LogP contribution is -2.27. The number of nitrogens with zero attached hydrogens (tertiary/aromatic N) is 1. The molecule has 0 aliphatic heterocycles. The number of rotatable bonds is 9. The molecule has 1 rings (SSSR count). The highest BCUT2D eigenvalue weighted by atomic mass is 32.2. The molecule has 0 amide bonds. The van der Waals surface area contributed by atoms with E-state index in [9.17, 15) is 8.42 Å². The molecule has 6 heteroatoms. The number of anilines is 1. The Morgan fingerprint density at radius 1 is 1.35 bits per heavy atom. The summed E-state index contributed by atoms with van der Waals surface area (Å²) < 4.78 is 26.4. The molecule has 5 nitrogen and oxygen atoms in total. The van der Waals surface area contributed by atoms with Crippen molar-refractivity contribution in [2.45, 2.75) is 18.2 Å². The van der Waals surface area contributed by atoms with E-state index in [4.69, 9.17) is 5.11 Å². The van der Waals surface area contributed by atoms with Gasteiger partial charge in [-0.25, -0.2) is 13.1 Å². The maximum absolute atomic E-state index is 11.9. The van der Waals surface area contributed by atoms with Crippen LogP contribution < -0.4 is 9.62 Å². The minimum absolute atomic E-state index is 0.0337. The third-order valence-electron chi connectivity index (χ3n) is 2.77. The molecule has 0 heterocycles. The van der Waals surface area contributed by atoms with Gasteiger partial charge in [0.25, 0.3) is 0 Å². The van der Waals surface area contributed by atoms with Crippen molar-refractivity contribution in [1.29, 1.82) is 0 Å². The Kier molecular flexibility index (Phi) is 6.70. The van der Waals surface area contributed by atoms with Gasteiger partial charge in [0.2, 0.25) is 10.0 Å². The monoisotopic (exact) mass is 298 g/mol. The second kappa shape index (κ2) is 8.04. The first kappa shape index (κ1) is 16.7. The minimum Gasteiger partial charge on any atom is -0.395 e. The summed E-state index contributed by atoms with van der Waals surface area (Å²) in [5.41, 5.74) is 0.855. The molecule has 0 aliphatic carbocycles. The number of aliphatic hydroxyl groups is 1. The van der Waals surface area contributed by atoms with E-state index in [1.165, 1.54) is 0 Å². The molecule has 0 radical (unpaired) electrons. The van der Waals surface area contributed by atoms with Crippen LogP contribution in [0.25, 0.3) is 0 Å². The van der Waals surface area contributed by atoms with Gasteiger partial charge in [0.15, 0.2) is 0 Å².